The maximum absolute atomic E-state index is 13.2. The van der Waals surface area contributed by atoms with E-state index < -0.39 is 12.0 Å². The SMILES string of the molecule is COC(=O)C(Cc1ccc(OC/C=C/c2ccc3c(c2)Cc2ccccc2-3)cc1)Nc1ccccc1C(=O)c1ccccc1. The molecule has 218 valence electrons. The molecule has 0 amide bonds. The number of carbonyl (C=O) groups excluding carboxylic acids is 2. The van der Waals surface area contributed by atoms with Gasteiger partial charge in [-0.3, -0.25) is 4.79 Å². The summed E-state index contributed by atoms with van der Waals surface area (Å²) >= 11 is 0. The fourth-order valence-electron chi connectivity index (χ4n) is 5.63. The minimum atomic E-state index is -0.681. The van der Waals surface area contributed by atoms with E-state index in [9.17, 15) is 9.59 Å². The van der Waals surface area contributed by atoms with Crippen molar-refractivity contribution in [3.05, 3.63) is 161 Å². The predicted octanol–water partition coefficient (Wildman–Crippen LogP) is 7.78. The third-order valence-electron chi connectivity index (χ3n) is 7.86. The molecule has 1 aliphatic carbocycles. The summed E-state index contributed by atoms with van der Waals surface area (Å²) in [7, 11) is 1.37. The topological polar surface area (TPSA) is 64.6 Å². The number of benzene rings is 5. The molecule has 1 aliphatic rings. The highest BCUT2D eigenvalue weighted by atomic mass is 16.5. The van der Waals surface area contributed by atoms with Gasteiger partial charge < -0.3 is 14.8 Å². The summed E-state index contributed by atoms with van der Waals surface area (Å²) in [5, 5.41) is 3.25. The Morgan fingerprint density at radius 1 is 0.795 bits per heavy atom. The van der Waals surface area contributed by atoms with Gasteiger partial charge in [0.25, 0.3) is 0 Å². The normalized spacial score (nSPS) is 12.3. The number of ether oxygens (including phenoxy) is 2. The smallest absolute Gasteiger partial charge is 0.328 e. The molecule has 6 rings (SSSR count). The Kier molecular flexibility index (Phi) is 8.65. The molecule has 0 heterocycles. The summed E-state index contributed by atoms with van der Waals surface area (Å²) in [6, 6.07) is 38.5. The summed E-state index contributed by atoms with van der Waals surface area (Å²) in [5.74, 6) is 0.214. The van der Waals surface area contributed by atoms with E-state index in [1.54, 1.807) is 24.3 Å². The summed E-state index contributed by atoms with van der Waals surface area (Å²) in [6.45, 7) is 0.440. The van der Waals surface area contributed by atoms with Gasteiger partial charge in [0, 0.05) is 23.2 Å². The Hall–Kier alpha value is -5.42. The van der Waals surface area contributed by atoms with Gasteiger partial charge in [-0.15, -0.1) is 0 Å². The van der Waals surface area contributed by atoms with E-state index in [1.165, 1.54) is 29.4 Å². The van der Waals surface area contributed by atoms with E-state index in [0.717, 1.165) is 23.3 Å². The predicted molar refractivity (Wildman–Crippen MR) is 175 cm³/mol. The first-order valence-corrected chi connectivity index (χ1v) is 14.7. The van der Waals surface area contributed by atoms with Crippen LogP contribution in [0.3, 0.4) is 0 Å². The van der Waals surface area contributed by atoms with Crippen molar-refractivity contribution >= 4 is 23.5 Å². The van der Waals surface area contributed by atoms with Crippen LogP contribution in [0.5, 0.6) is 5.75 Å². The third kappa shape index (κ3) is 6.47. The molecule has 44 heavy (non-hydrogen) atoms. The third-order valence-corrected chi connectivity index (χ3v) is 7.86. The van der Waals surface area contributed by atoms with Crippen molar-refractivity contribution in [3.63, 3.8) is 0 Å². The fourth-order valence-corrected chi connectivity index (χ4v) is 5.63. The molecule has 0 saturated heterocycles. The zero-order valence-corrected chi connectivity index (χ0v) is 24.5. The molecule has 0 aliphatic heterocycles. The summed E-state index contributed by atoms with van der Waals surface area (Å²) < 4.78 is 11.0. The average molecular weight is 580 g/mol. The molecule has 0 radical (unpaired) electrons. The highest BCUT2D eigenvalue weighted by Crippen LogP contribution is 2.36. The van der Waals surface area contributed by atoms with Crippen molar-refractivity contribution in [1.29, 1.82) is 0 Å². The Balaban J connectivity index is 1.07. The maximum atomic E-state index is 13.2. The Labute approximate surface area is 257 Å². The lowest BCUT2D eigenvalue weighted by molar-refractivity contribution is -0.141. The van der Waals surface area contributed by atoms with Crippen LogP contribution >= 0.6 is 0 Å². The number of ketones is 1. The lowest BCUT2D eigenvalue weighted by Crippen LogP contribution is -2.33. The molecule has 0 spiro atoms. The van der Waals surface area contributed by atoms with E-state index in [4.69, 9.17) is 9.47 Å². The zero-order valence-electron chi connectivity index (χ0n) is 24.5. The van der Waals surface area contributed by atoms with Crippen LogP contribution < -0.4 is 10.1 Å². The number of fused-ring (bicyclic) bond motifs is 3. The second kappa shape index (κ2) is 13.3. The van der Waals surface area contributed by atoms with E-state index in [0.29, 0.717) is 29.8 Å². The van der Waals surface area contributed by atoms with Gasteiger partial charge >= 0.3 is 5.97 Å². The lowest BCUT2D eigenvalue weighted by atomic mass is 10.00. The first kappa shape index (κ1) is 28.7. The molecule has 1 unspecified atom stereocenters. The molecule has 0 saturated carbocycles. The van der Waals surface area contributed by atoms with E-state index >= 15 is 0 Å². The van der Waals surface area contributed by atoms with E-state index in [-0.39, 0.29) is 5.78 Å². The van der Waals surface area contributed by atoms with Crippen LogP contribution in [0.25, 0.3) is 17.2 Å². The fraction of sp³-hybridized carbons (Fsp3) is 0.128. The lowest BCUT2D eigenvalue weighted by Gasteiger charge is -2.20. The first-order valence-electron chi connectivity index (χ1n) is 14.7. The van der Waals surface area contributed by atoms with E-state index in [2.05, 4.69) is 53.9 Å². The number of rotatable bonds is 11. The van der Waals surface area contributed by atoms with Crippen LogP contribution in [-0.2, 0) is 22.4 Å². The van der Waals surface area contributed by atoms with Crippen LogP contribution in [-0.4, -0.2) is 31.5 Å². The highest BCUT2D eigenvalue weighted by molar-refractivity contribution is 6.12. The Morgan fingerprint density at radius 3 is 2.34 bits per heavy atom. The number of methoxy groups -OCH3 is 1. The minimum absolute atomic E-state index is 0.116. The number of nitrogens with one attached hydrogen (secondary N) is 1. The largest absolute Gasteiger partial charge is 0.490 e. The van der Waals surface area contributed by atoms with E-state index in [1.807, 2.05) is 60.7 Å². The molecule has 5 aromatic rings. The van der Waals surface area contributed by atoms with Gasteiger partial charge in [-0.1, -0.05) is 103 Å². The Morgan fingerprint density at radius 2 is 1.52 bits per heavy atom. The first-order chi connectivity index (χ1) is 21.6. The van der Waals surface area contributed by atoms with Crippen molar-refractivity contribution in [2.45, 2.75) is 18.9 Å². The number of hydrogen-bond acceptors (Lipinski definition) is 5. The Bertz CT molecular complexity index is 1810. The van der Waals surface area contributed by atoms with Crippen LogP contribution in [0, 0.1) is 0 Å². The van der Waals surface area contributed by atoms with Gasteiger partial charge in [-0.05, 0) is 70.1 Å². The molecular formula is C39H33NO4. The number of esters is 1. The summed E-state index contributed by atoms with van der Waals surface area (Å²) in [6.07, 6.45) is 5.46. The van der Waals surface area contributed by atoms with Crippen molar-refractivity contribution in [2.24, 2.45) is 0 Å². The number of para-hydroxylation sites is 1. The van der Waals surface area contributed by atoms with Crippen LogP contribution in [0.2, 0.25) is 0 Å². The molecule has 1 atom stereocenters. The number of carbonyl (C=O) groups is 2. The van der Waals surface area contributed by atoms with Gasteiger partial charge in [0.2, 0.25) is 0 Å². The van der Waals surface area contributed by atoms with Crippen LogP contribution in [0.15, 0.2) is 127 Å². The van der Waals surface area contributed by atoms with Crippen molar-refractivity contribution in [3.8, 4) is 16.9 Å². The maximum Gasteiger partial charge on any atom is 0.328 e. The quantitative estimate of drug-likeness (QED) is 0.125. The summed E-state index contributed by atoms with van der Waals surface area (Å²) in [5.41, 5.74) is 9.14. The monoisotopic (exact) mass is 579 g/mol. The minimum Gasteiger partial charge on any atom is -0.490 e. The van der Waals surface area contributed by atoms with Crippen LogP contribution in [0.1, 0.15) is 38.2 Å². The standard InChI is InChI=1S/C39H33NO4/c1-43-39(42)37(40-36-16-8-7-15-35(36)38(41)29-11-3-2-4-12-29)25-28-17-20-32(21-18-28)44-23-9-10-27-19-22-34-31(24-27)26-30-13-5-6-14-33(30)34/h2-22,24,37,40H,23,25-26H2,1H3/b10-9+. The molecule has 1 N–H and O–H groups in total. The van der Waals surface area contributed by atoms with Crippen molar-refractivity contribution in [1.82, 2.24) is 0 Å². The molecule has 5 heteroatoms. The van der Waals surface area contributed by atoms with Gasteiger partial charge in [0.05, 0.1) is 7.11 Å². The van der Waals surface area contributed by atoms with Gasteiger partial charge in [-0.25, -0.2) is 4.79 Å². The molecule has 0 aromatic heterocycles. The molecule has 5 aromatic carbocycles. The van der Waals surface area contributed by atoms with Gasteiger partial charge in [0.1, 0.15) is 18.4 Å². The molecular weight excluding hydrogens is 546 g/mol. The zero-order chi connectivity index (χ0) is 30.3. The van der Waals surface area contributed by atoms with Gasteiger partial charge in [0.15, 0.2) is 5.78 Å². The summed E-state index contributed by atoms with van der Waals surface area (Å²) in [4.78, 5) is 25.9. The second-order valence-corrected chi connectivity index (χ2v) is 10.8. The van der Waals surface area contributed by atoms with Gasteiger partial charge in [-0.2, -0.15) is 0 Å². The molecule has 0 fully saturated rings. The highest BCUT2D eigenvalue weighted by Gasteiger charge is 2.23. The molecule has 5 nitrogen and oxygen atoms in total. The van der Waals surface area contributed by atoms with Crippen LogP contribution in [0.4, 0.5) is 5.69 Å². The van der Waals surface area contributed by atoms with Crippen molar-refractivity contribution in [2.75, 3.05) is 19.0 Å². The average Bonchev–Trinajstić information content (AvgIpc) is 3.45. The second-order valence-electron chi connectivity index (χ2n) is 10.8. The number of hydrogen-bond donors (Lipinski definition) is 1. The number of anilines is 1. The molecule has 0 bridgehead atoms. The van der Waals surface area contributed by atoms with Crippen molar-refractivity contribution < 1.29 is 19.1 Å².